The lowest BCUT2D eigenvalue weighted by molar-refractivity contribution is -0.136. The van der Waals surface area contributed by atoms with Gasteiger partial charge in [-0.15, -0.1) is 0 Å². The minimum absolute atomic E-state index is 0.242. The molecule has 86 valence electrons. The third kappa shape index (κ3) is 2.33. The highest BCUT2D eigenvalue weighted by Crippen LogP contribution is 2.25. The molecule has 3 heteroatoms. The highest BCUT2D eigenvalue weighted by Gasteiger charge is 2.34. The maximum Gasteiger partial charge on any atom is 0.227 e. The zero-order chi connectivity index (χ0) is 10.8. The predicted octanol–water partition coefficient (Wildman–Crippen LogP) is 1.24. The van der Waals surface area contributed by atoms with E-state index in [0.29, 0.717) is 17.9 Å². The summed E-state index contributed by atoms with van der Waals surface area (Å²) in [5, 5.41) is 3.32. The smallest absolute Gasteiger partial charge is 0.227 e. The zero-order valence-corrected chi connectivity index (χ0v) is 9.83. The summed E-state index contributed by atoms with van der Waals surface area (Å²) in [7, 11) is 0. The number of hydrogen-bond donors (Lipinski definition) is 1. The monoisotopic (exact) mass is 210 g/mol. The van der Waals surface area contributed by atoms with E-state index < -0.39 is 0 Å². The fourth-order valence-corrected chi connectivity index (χ4v) is 2.90. The van der Waals surface area contributed by atoms with Crippen LogP contribution in [0.2, 0.25) is 0 Å². The van der Waals surface area contributed by atoms with Crippen LogP contribution in [0.1, 0.15) is 33.1 Å². The molecule has 0 aliphatic carbocycles. The molecule has 3 atom stereocenters. The van der Waals surface area contributed by atoms with Crippen LogP contribution >= 0.6 is 0 Å². The molecule has 0 saturated carbocycles. The van der Waals surface area contributed by atoms with Gasteiger partial charge in [-0.05, 0) is 38.6 Å². The van der Waals surface area contributed by atoms with Crippen LogP contribution in [0.15, 0.2) is 0 Å². The Bertz CT molecular complexity index is 236. The molecule has 0 radical (unpaired) electrons. The van der Waals surface area contributed by atoms with E-state index in [1.54, 1.807) is 0 Å². The maximum atomic E-state index is 12.2. The minimum atomic E-state index is 0.242. The molecule has 0 aromatic heterocycles. The first-order valence-corrected chi connectivity index (χ1v) is 6.19. The van der Waals surface area contributed by atoms with Crippen LogP contribution in [0.5, 0.6) is 0 Å². The highest BCUT2D eigenvalue weighted by molar-refractivity contribution is 5.79. The van der Waals surface area contributed by atoms with E-state index in [1.165, 1.54) is 6.42 Å². The molecule has 0 bridgehead atoms. The Morgan fingerprint density at radius 3 is 2.73 bits per heavy atom. The van der Waals surface area contributed by atoms with E-state index in [-0.39, 0.29) is 5.92 Å². The summed E-state index contributed by atoms with van der Waals surface area (Å²) in [5.74, 6) is 1.31. The molecule has 1 amide bonds. The lowest BCUT2D eigenvalue weighted by atomic mass is 9.98. The predicted molar refractivity (Wildman–Crippen MR) is 60.5 cm³/mol. The van der Waals surface area contributed by atoms with Crippen LogP contribution < -0.4 is 5.32 Å². The van der Waals surface area contributed by atoms with Crippen molar-refractivity contribution < 1.29 is 4.79 Å². The first-order chi connectivity index (χ1) is 7.18. The van der Waals surface area contributed by atoms with Crippen molar-refractivity contribution in [3.63, 3.8) is 0 Å². The molecule has 2 aliphatic heterocycles. The normalized spacial score (nSPS) is 36.9. The van der Waals surface area contributed by atoms with Crippen LogP contribution in [-0.4, -0.2) is 36.5 Å². The van der Waals surface area contributed by atoms with Crippen molar-refractivity contribution in [2.45, 2.75) is 39.2 Å². The Hall–Kier alpha value is -0.570. The third-order valence-electron chi connectivity index (χ3n) is 3.71. The molecule has 2 heterocycles. The van der Waals surface area contributed by atoms with Crippen LogP contribution in [-0.2, 0) is 4.79 Å². The summed E-state index contributed by atoms with van der Waals surface area (Å²) in [6.07, 6.45) is 3.39. The largest absolute Gasteiger partial charge is 0.339 e. The van der Waals surface area contributed by atoms with E-state index >= 15 is 0 Å². The molecule has 2 fully saturated rings. The van der Waals surface area contributed by atoms with E-state index in [2.05, 4.69) is 24.1 Å². The summed E-state index contributed by atoms with van der Waals surface area (Å²) < 4.78 is 0. The number of carbonyl (C=O) groups is 1. The average Bonchev–Trinajstić information content (AvgIpc) is 2.58. The van der Waals surface area contributed by atoms with Crippen LogP contribution in [0.4, 0.5) is 0 Å². The summed E-state index contributed by atoms with van der Waals surface area (Å²) in [4.78, 5) is 14.3. The molecule has 0 aromatic carbocycles. The second kappa shape index (κ2) is 4.52. The van der Waals surface area contributed by atoms with E-state index in [0.717, 1.165) is 32.5 Å². The van der Waals surface area contributed by atoms with Crippen LogP contribution in [0.3, 0.4) is 0 Å². The fraction of sp³-hybridized carbons (Fsp3) is 0.917. The van der Waals surface area contributed by atoms with Gasteiger partial charge < -0.3 is 10.2 Å². The number of nitrogens with zero attached hydrogens (tertiary/aromatic N) is 1. The summed E-state index contributed by atoms with van der Waals surface area (Å²) in [6.45, 7) is 7.35. The topological polar surface area (TPSA) is 32.3 Å². The highest BCUT2D eigenvalue weighted by atomic mass is 16.2. The fourth-order valence-electron chi connectivity index (χ4n) is 2.90. The van der Waals surface area contributed by atoms with Gasteiger partial charge in [0.1, 0.15) is 0 Å². The van der Waals surface area contributed by atoms with E-state index in [1.807, 2.05) is 0 Å². The molecule has 2 unspecified atom stereocenters. The van der Waals surface area contributed by atoms with Crippen LogP contribution in [0.25, 0.3) is 0 Å². The van der Waals surface area contributed by atoms with Gasteiger partial charge in [0.25, 0.3) is 0 Å². The first kappa shape index (κ1) is 10.9. The quantitative estimate of drug-likeness (QED) is 0.706. The second-order valence-electron chi connectivity index (χ2n) is 5.22. The van der Waals surface area contributed by atoms with Gasteiger partial charge in [-0.25, -0.2) is 0 Å². The number of nitrogens with one attached hydrogen (secondary N) is 1. The molecule has 2 saturated heterocycles. The van der Waals surface area contributed by atoms with E-state index in [4.69, 9.17) is 0 Å². The van der Waals surface area contributed by atoms with Crippen LogP contribution in [0, 0.1) is 11.8 Å². The van der Waals surface area contributed by atoms with Crippen molar-refractivity contribution in [3.8, 4) is 0 Å². The standard InChI is InChI=1S/C12H22N2O/c1-9-6-10(2)14(8-9)12(15)11-4-3-5-13-7-11/h9-11,13H,3-8H2,1-2H3/t9?,10?,11-/m0/s1. The van der Waals surface area contributed by atoms with Crippen molar-refractivity contribution in [2.24, 2.45) is 11.8 Å². The third-order valence-corrected chi connectivity index (χ3v) is 3.71. The number of hydrogen-bond acceptors (Lipinski definition) is 2. The SMILES string of the molecule is CC1CC(C)N(C(=O)[C@H]2CCCNC2)C1. The second-order valence-corrected chi connectivity index (χ2v) is 5.22. The van der Waals surface area contributed by atoms with E-state index in [9.17, 15) is 4.79 Å². The van der Waals surface area contributed by atoms with Crippen molar-refractivity contribution in [1.29, 1.82) is 0 Å². The molecular weight excluding hydrogens is 188 g/mol. The van der Waals surface area contributed by atoms with Crippen molar-refractivity contribution in [1.82, 2.24) is 10.2 Å². The number of amides is 1. The molecule has 0 spiro atoms. The summed E-state index contributed by atoms with van der Waals surface area (Å²) in [6, 6.07) is 0.453. The maximum absolute atomic E-state index is 12.2. The first-order valence-electron chi connectivity index (χ1n) is 6.19. The summed E-state index contributed by atoms with van der Waals surface area (Å²) in [5.41, 5.74) is 0. The number of piperidine rings is 1. The molecule has 3 nitrogen and oxygen atoms in total. The van der Waals surface area contributed by atoms with Gasteiger partial charge in [-0.1, -0.05) is 6.92 Å². The number of carbonyl (C=O) groups excluding carboxylic acids is 1. The molecule has 2 aliphatic rings. The van der Waals surface area contributed by atoms with Gasteiger partial charge in [-0.2, -0.15) is 0 Å². The van der Waals surface area contributed by atoms with Gasteiger partial charge in [0.2, 0.25) is 5.91 Å². The molecule has 15 heavy (non-hydrogen) atoms. The molecule has 1 N–H and O–H groups in total. The Labute approximate surface area is 92.2 Å². The Morgan fingerprint density at radius 2 is 2.20 bits per heavy atom. The zero-order valence-electron chi connectivity index (χ0n) is 9.83. The van der Waals surface area contributed by atoms with Gasteiger partial charge in [0.05, 0.1) is 5.92 Å². The number of likely N-dealkylation sites (tertiary alicyclic amines) is 1. The number of rotatable bonds is 1. The van der Waals surface area contributed by atoms with Gasteiger partial charge in [0.15, 0.2) is 0 Å². The van der Waals surface area contributed by atoms with Gasteiger partial charge in [-0.3, -0.25) is 4.79 Å². The lowest BCUT2D eigenvalue weighted by Gasteiger charge is -2.29. The van der Waals surface area contributed by atoms with Gasteiger partial charge >= 0.3 is 0 Å². The van der Waals surface area contributed by atoms with Crippen molar-refractivity contribution >= 4 is 5.91 Å². The lowest BCUT2D eigenvalue weighted by Crippen LogP contribution is -2.44. The molecular formula is C12H22N2O. The Morgan fingerprint density at radius 1 is 1.40 bits per heavy atom. The molecule has 2 rings (SSSR count). The minimum Gasteiger partial charge on any atom is -0.339 e. The van der Waals surface area contributed by atoms with Crippen molar-refractivity contribution in [2.75, 3.05) is 19.6 Å². The average molecular weight is 210 g/mol. The van der Waals surface area contributed by atoms with Gasteiger partial charge in [0, 0.05) is 19.1 Å². The Balaban J connectivity index is 1.94. The molecule has 0 aromatic rings. The Kier molecular flexibility index (Phi) is 3.29. The summed E-state index contributed by atoms with van der Waals surface area (Å²) >= 11 is 0. The van der Waals surface area contributed by atoms with Crippen molar-refractivity contribution in [3.05, 3.63) is 0 Å².